The van der Waals surface area contributed by atoms with Crippen molar-refractivity contribution in [2.75, 3.05) is 6.54 Å². The molecule has 14 heavy (non-hydrogen) atoms. The summed E-state index contributed by atoms with van der Waals surface area (Å²) in [6, 6.07) is 7.54. The number of benzene rings is 1. The fourth-order valence-corrected chi connectivity index (χ4v) is 1.49. The molecule has 1 rings (SSSR count). The number of thiol groups is 1. The van der Waals surface area contributed by atoms with Gasteiger partial charge >= 0.3 is 0 Å². The van der Waals surface area contributed by atoms with Crippen LogP contribution in [0.15, 0.2) is 24.3 Å². The maximum atomic E-state index is 11.6. The van der Waals surface area contributed by atoms with Gasteiger partial charge in [0.2, 0.25) is 0 Å². The molecule has 0 saturated heterocycles. The van der Waals surface area contributed by atoms with Crippen LogP contribution in [0.25, 0.3) is 0 Å². The standard InChI is InChI=1S/C11H15NOS/c1-2-7-12-11(13)10-6-4-3-5-9(10)8-14/h3-6,14H,2,7-8H2,1H3,(H,12,13). The van der Waals surface area contributed by atoms with Crippen molar-refractivity contribution in [3.05, 3.63) is 35.4 Å². The molecule has 0 aliphatic carbocycles. The first-order chi connectivity index (χ1) is 6.79. The molecule has 0 spiro atoms. The molecule has 0 bridgehead atoms. The van der Waals surface area contributed by atoms with Crippen molar-refractivity contribution in [1.82, 2.24) is 5.32 Å². The normalized spacial score (nSPS) is 9.86. The average molecular weight is 209 g/mol. The summed E-state index contributed by atoms with van der Waals surface area (Å²) in [6.45, 7) is 2.75. The molecule has 0 aliphatic rings. The van der Waals surface area contributed by atoms with Gasteiger partial charge in [-0.1, -0.05) is 25.1 Å². The monoisotopic (exact) mass is 209 g/mol. The Morgan fingerprint density at radius 1 is 1.43 bits per heavy atom. The van der Waals surface area contributed by atoms with E-state index in [0.29, 0.717) is 5.75 Å². The predicted octanol–water partition coefficient (Wildman–Crippen LogP) is 2.26. The lowest BCUT2D eigenvalue weighted by molar-refractivity contribution is 0.0953. The van der Waals surface area contributed by atoms with E-state index in [-0.39, 0.29) is 5.91 Å². The summed E-state index contributed by atoms with van der Waals surface area (Å²) in [7, 11) is 0. The number of amides is 1. The lowest BCUT2D eigenvalue weighted by Crippen LogP contribution is -2.24. The maximum absolute atomic E-state index is 11.6. The maximum Gasteiger partial charge on any atom is 0.251 e. The average Bonchev–Trinajstić information content (AvgIpc) is 2.25. The van der Waals surface area contributed by atoms with E-state index in [1.807, 2.05) is 31.2 Å². The van der Waals surface area contributed by atoms with Gasteiger partial charge in [-0.3, -0.25) is 4.79 Å². The molecule has 0 fully saturated rings. The van der Waals surface area contributed by atoms with Crippen molar-refractivity contribution in [3.8, 4) is 0 Å². The SMILES string of the molecule is CCCNC(=O)c1ccccc1CS. The molecule has 0 atom stereocenters. The Bertz CT molecular complexity index is 312. The van der Waals surface area contributed by atoms with E-state index in [9.17, 15) is 4.79 Å². The molecular weight excluding hydrogens is 194 g/mol. The minimum Gasteiger partial charge on any atom is -0.352 e. The minimum atomic E-state index is -0.00324. The van der Waals surface area contributed by atoms with Crippen molar-refractivity contribution in [2.45, 2.75) is 19.1 Å². The molecule has 1 N–H and O–H groups in total. The van der Waals surface area contributed by atoms with Gasteiger partial charge in [0.15, 0.2) is 0 Å². The third-order valence-corrected chi connectivity index (χ3v) is 2.31. The summed E-state index contributed by atoms with van der Waals surface area (Å²) in [6.07, 6.45) is 0.953. The molecule has 0 saturated carbocycles. The summed E-state index contributed by atoms with van der Waals surface area (Å²) >= 11 is 4.19. The van der Waals surface area contributed by atoms with Crippen molar-refractivity contribution in [1.29, 1.82) is 0 Å². The Kier molecular flexibility index (Phi) is 4.53. The van der Waals surface area contributed by atoms with Gasteiger partial charge < -0.3 is 5.32 Å². The molecule has 3 heteroatoms. The summed E-state index contributed by atoms with van der Waals surface area (Å²) in [5.74, 6) is 0.590. The molecule has 0 heterocycles. The second-order valence-electron chi connectivity index (χ2n) is 3.07. The quantitative estimate of drug-likeness (QED) is 0.732. The molecule has 0 unspecified atom stereocenters. The Morgan fingerprint density at radius 3 is 2.79 bits per heavy atom. The van der Waals surface area contributed by atoms with Gasteiger partial charge in [0.05, 0.1) is 0 Å². The van der Waals surface area contributed by atoms with Crippen molar-refractivity contribution in [3.63, 3.8) is 0 Å². The Labute approximate surface area is 90.1 Å². The highest BCUT2D eigenvalue weighted by molar-refractivity contribution is 7.79. The third kappa shape index (κ3) is 2.77. The number of rotatable bonds is 4. The number of carbonyl (C=O) groups is 1. The Hall–Kier alpha value is -0.960. The third-order valence-electron chi connectivity index (χ3n) is 1.97. The molecule has 0 aliphatic heterocycles. The van der Waals surface area contributed by atoms with Crippen LogP contribution < -0.4 is 5.32 Å². The first-order valence-corrected chi connectivity index (χ1v) is 5.39. The van der Waals surface area contributed by atoms with Gasteiger partial charge in [0, 0.05) is 17.9 Å². The van der Waals surface area contributed by atoms with Crippen LogP contribution in [0, 0.1) is 0 Å². The van der Waals surface area contributed by atoms with Gasteiger partial charge in [-0.2, -0.15) is 12.6 Å². The largest absolute Gasteiger partial charge is 0.352 e. The summed E-state index contributed by atoms with van der Waals surface area (Å²) in [5, 5.41) is 2.85. The topological polar surface area (TPSA) is 29.1 Å². The number of hydrogen-bond donors (Lipinski definition) is 2. The zero-order valence-electron chi connectivity index (χ0n) is 8.29. The zero-order valence-corrected chi connectivity index (χ0v) is 9.18. The van der Waals surface area contributed by atoms with Crippen LogP contribution in [0.3, 0.4) is 0 Å². The van der Waals surface area contributed by atoms with Gasteiger partial charge in [0.25, 0.3) is 5.91 Å². The van der Waals surface area contributed by atoms with E-state index in [1.165, 1.54) is 0 Å². The Morgan fingerprint density at radius 2 is 2.14 bits per heavy atom. The molecule has 1 amide bonds. The predicted molar refractivity (Wildman–Crippen MR) is 61.8 cm³/mol. The van der Waals surface area contributed by atoms with Crippen LogP contribution in [0.5, 0.6) is 0 Å². The molecule has 1 aromatic carbocycles. The second kappa shape index (κ2) is 5.70. The van der Waals surface area contributed by atoms with E-state index < -0.39 is 0 Å². The summed E-state index contributed by atoms with van der Waals surface area (Å²) < 4.78 is 0. The van der Waals surface area contributed by atoms with E-state index in [1.54, 1.807) is 0 Å². The molecular formula is C11H15NOS. The van der Waals surface area contributed by atoms with Crippen LogP contribution >= 0.6 is 12.6 Å². The highest BCUT2D eigenvalue weighted by Crippen LogP contribution is 2.10. The van der Waals surface area contributed by atoms with Crippen molar-refractivity contribution in [2.24, 2.45) is 0 Å². The lowest BCUT2D eigenvalue weighted by atomic mass is 10.1. The minimum absolute atomic E-state index is 0.00324. The van der Waals surface area contributed by atoms with E-state index in [4.69, 9.17) is 0 Å². The molecule has 76 valence electrons. The number of hydrogen-bond acceptors (Lipinski definition) is 2. The fraction of sp³-hybridized carbons (Fsp3) is 0.364. The highest BCUT2D eigenvalue weighted by Gasteiger charge is 2.07. The van der Waals surface area contributed by atoms with Crippen molar-refractivity contribution < 1.29 is 4.79 Å². The Balaban J connectivity index is 2.78. The summed E-state index contributed by atoms with van der Waals surface area (Å²) in [4.78, 5) is 11.6. The fourth-order valence-electron chi connectivity index (χ4n) is 1.21. The van der Waals surface area contributed by atoms with Gasteiger partial charge in [-0.25, -0.2) is 0 Å². The van der Waals surface area contributed by atoms with E-state index in [2.05, 4.69) is 17.9 Å². The zero-order chi connectivity index (χ0) is 10.4. The molecule has 2 nitrogen and oxygen atoms in total. The summed E-state index contributed by atoms with van der Waals surface area (Å²) in [5.41, 5.74) is 1.71. The van der Waals surface area contributed by atoms with Crippen LogP contribution in [0.1, 0.15) is 29.3 Å². The van der Waals surface area contributed by atoms with Gasteiger partial charge in [-0.15, -0.1) is 0 Å². The lowest BCUT2D eigenvalue weighted by Gasteiger charge is -2.07. The van der Waals surface area contributed by atoms with Crippen LogP contribution in [-0.2, 0) is 5.75 Å². The first-order valence-electron chi connectivity index (χ1n) is 4.76. The van der Waals surface area contributed by atoms with E-state index in [0.717, 1.165) is 24.1 Å². The van der Waals surface area contributed by atoms with Gasteiger partial charge in [0.1, 0.15) is 0 Å². The number of nitrogens with one attached hydrogen (secondary N) is 1. The van der Waals surface area contributed by atoms with Crippen LogP contribution in [0.2, 0.25) is 0 Å². The van der Waals surface area contributed by atoms with Gasteiger partial charge in [-0.05, 0) is 18.1 Å². The smallest absolute Gasteiger partial charge is 0.251 e. The van der Waals surface area contributed by atoms with Crippen molar-refractivity contribution >= 4 is 18.5 Å². The van der Waals surface area contributed by atoms with Crippen LogP contribution in [0.4, 0.5) is 0 Å². The van der Waals surface area contributed by atoms with E-state index >= 15 is 0 Å². The number of carbonyl (C=O) groups excluding carboxylic acids is 1. The second-order valence-corrected chi connectivity index (χ2v) is 3.39. The molecule has 1 aromatic rings. The molecule has 0 aromatic heterocycles. The first kappa shape index (κ1) is 11.1. The molecule has 0 radical (unpaired) electrons. The van der Waals surface area contributed by atoms with Crippen LogP contribution in [-0.4, -0.2) is 12.5 Å². The highest BCUT2D eigenvalue weighted by atomic mass is 32.1.